The number of aliphatic hydroxyl groups is 2. The smallest absolute Gasteiger partial charge is 0.320 e. The number of nitrogen functional groups attached to an aromatic ring is 1. The number of hydrogen-bond acceptors (Lipinski definition) is 15. The van der Waals surface area contributed by atoms with Crippen LogP contribution in [0.4, 0.5) is 5.82 Å². The van der Waals surface area contributed by atoms with Crippen molar-refractivity contribution in [2.45, 2.75) is 68.3 Å². The van der Waals surface area contributed by atoms with Crippen LogP contribution in [-0.4, -0.2) is 123 Å². The summed E-state index contributed by atoms with van der Waals surface area (Å²) in [6.07, 6.45) is 1.37. The normalized spacial score (nSPS) is 20.9. The predicted molar refractivity (Wildman–Crippen MR) is 175 cm³/mol. The number of anilines is 1. The number of carboxylic acids is 4. The van der Waals surface area contributed by atoms with Crippen LogP contribution in [0.3, 0.4) is 0 Å². The van der Waals surface area contributed by atoms with Gasteiger partial charge in [-0.2, -0.15) is 0 Å². The number of imidazole rings is 1. The van der Waals surface area contributed by atoms with E-state index in [0.29, 0.717) is 35.5 Å². The molecular weight excluding hydrogens is 668 g/mol. The molecule has 1 aliphatic heterocycles. The molecule has 3 heterocycles. The molecule has 8 atom stereocenters. The van der Waals surface area contributed by atoms with Crippen molar-refractivity contribution in [3.05, 3.63) is 48.5 Å². The number of carbonyl (C=O) groups is 4. The van der Waals surface area contributed by atoms with Gasteiger partial charge in [-0.15, -0.1) is 0 Å². The van der Waals surface area contributed by atoms with Gasteiger partial charge in [-0.05, 0) is 29.3 Å². The second-order valence-electron chi connectivity index (χ2n) is 11.0. The van der Waals surface area contributed by atoms with Crippen molar-refractivity contribution in [2.24, 2.45) is 17.2 Å². The Bertz CT molecular complexity index is 1530. The molecule has 1 aromatic carbocycles. The number of nitrogens with zero attached hydrogens (tertiary/aromatic N) is 4. The summed E-state index contributed by atoms with van der Waals surface area (Å²) in [7, 11) is -0.235. The molecule has 1 fully saturated rings. The van der Waals surface area contributed by atoms with Gasteiger partial charge in [0.2, 0.25) is 0 Å². The average molecular weight is 711 g/mol. The average Bonchev–Trinajstić information content (AvgIpc) is 3.60. The number of nitrogens with two attached hydrogens (primary N) is 4. The van der Waals surface area contributed by atoms with Gasteiger partial charge in [0.05, 0.1) is 18.6 Å². The summed E-state index contributed by atoms with van der Waals surface area (Å²) in [5, 5.41) is 56.2. The number of hydrogen-bond donors (Lipinski definition) is 9. The first-order valence-electron chi connectivity index (χ1n) is 14.8. The van der Waals surface area contributed by atoms with E-state index < -0.39 is 66.5 Å². The van der Waals surface area contributed by atoms with Gasteiger partial charge in [-0.1, -0.05) is 30.3 Å². The summed E-state index contributed by atoms with van der Waals surface area (Å²) in [6.45, 7) is 0. The highest BCUT2D eigenvalue weighted by Crippen LogP contribution is 2.32. The van der Waals surface area contributed by atoms with Crippen LogP contribution in [0.2, 0.25) is 0 Å². The highest BCUT2D eigenvalue weighted by molar-refractivity contribution is 7.96. The Labute approximate surface area is 283 Å². The maximum atomic E-state index is 10.8. The van der Waals surface area contributed by atoms with Gasteiger partial charge in [0.25, 0.3) is 0 Å². The molecule has 0 radical (unpaired) electrons. The molecule has 19 nitrogen and oxygen atoms in total. The molecule has 0 spiro atoms. The number of carbonyl (C=O) groups excluding carboxylic acids is 1. The van der Waals surface area contributed by atoms with Crippen molar-refractivity contribution in [1.82, 2.24) is 19.5 Å². The van der Waals surface area contributed by atoms with Crippen LogP contribution in [0, 0.1) is 0 Å². The fourth-order valence-corrected chi connectivity index (χ4v) is 5.98. The molecule has 0 amide bonds. The first-order valence-corrected chi connectivity index (χ1v) is 16.7. The predicted octanol–water partition coefficient (Wildman–Crippen LogP) is -3.35. The molecule has 20 heteroatoms. The molecular formula is C29H42N8O11S. The van der Waals surface area contributed by atoms with E-state index in [1.165, 1.54) is 17.2 Å². The Kier molecular flexibility index (Phi) is 16.2. The molecule has 2 aromatic heterocycles. The van der Waals surface area contributed by atoms with Crippen LogP contribution in [0.5, 0.6) is 0 Å². The number of aliphatic hydroxyl groups excluding tert-OH is 2. The molecule has 270 valence electrons. The Balaban J connectivity index is 0.000000312. The van der Waals surface area contributed by atoms with Crippen LogP contribution < -0.4 is 28.0 Å². The molecule has 1 unspecified atom stereocenters. The number of carboxylic acid groups (broad SMARTS) is 4. The lowest BCUT2D eigenvalue weighted by Crippen LogP contribution is -2.41. The molecule has 0 bridgehead atoms. The zero-order valence-corrected chi connectivity index (χ0v) is 27.3. The Morgan fingerprint density at radius 2 is 1.57 bits per heavy atom. The molecule has 0 aliphatic carbocycles. The fourth-order valence-electron chi connectivity index (χ4n) is 4.32. The number of aromatic nitrogens is 4. The lowest BCUT2D eigenvalue weighted by Gasteiger charge is -2.16. The van der Waals surface area contributed by atoms with Crippen molar-refractivity contribution in [3.63, 3.8) is 0 Å². The monoisotopic (exact) mass is 710 g/mol. The van der Waals surface area contributed by atoms with E-state index in [2.05, 4.69) is 15.0 Å². The molecule has 1 saturated heterocycles. The minimum absolute atomic E-state index is 0.0856. The van der Waals surface area contributed by atoms with E-state index in [-0.39, 0.29) is 29.6 Å². The summed E-state index contributed by atoms with van der Waals surface area (Å²) in [4.78, 5) is 53.1. The van der Waals surface area contributed by atoms with Crippen molar-refractivity contribution >= 4 is 51.8 Å². The van der Waals surface area contributed by atoms with Crippen LogP contribution in [-0.2, 0) is 41.2 Å². The standard InChI is InChI=1S/C15H22N6O5S.C9H11NO2.C5H9NO4/c1-27(3-2-7(16)15(24)25)4-8-10(22)11(23)14(26-8)21-6-20-9-12(17)18-5-19-13(9)21;10-8(9(11)12)6-7-4-2-1-3-5-7;6-3(5(9)10)1-2-4(7)8/h5-8,10-11,14,22-23H,2-4,16H2,1H3,(H2-,17,18,19,24,25);1-5,8H,6,10H2,(H,11,12);3H,1-2,6H2,(H,7,8)(H,9,10)/t7-,8+,10+,11+,14+,27?;8-;3-/m000/s1. The number of fused-ring (bicyclic) bond motifs is 1. The van der Waals surface area contributed by atoms with Crippen LogP contribution in [0.1, 0.15) is 31.1 Å². The maximum Gasteiger partial charge on any atom is 0.320 e. The van der Waals surface area contributed by atoms with Gasteiger partial charge >= 0.3 is 17.9 Å². The van der Waals surface area contributed by atoms with Crippen LogP contribution in [0.15, 0.2) is 43.0 Å². The summed E-state index contributed by atoms with van der Waals surface area (Å²) in [6, 6.07) is 6.47. The molecule has 13 N–H and O–H groups in total. The molecule has 1 aliphatic rings. The van der Waals surface area contributed by atoms with Crippen molar-refractivity contribution in [2.75, 3.05) is 23.5 Å². The Morgan fingerprint density at radius 3 is 2.14 bits per heavy atom. The molecule has 4 rings (SSSR count). The largest absolute Gasteiger partial charge is 0.548 e. The van der Waals surface area contributed by atoms with Crippen molar-refractivity contribution in [1.29, 1.82) is 0 Å². The third-order valence-corrected chi connectivity index (χ3v) is 8.96. The third-order valence-electron chi connectivity index (χ3n) is 7.13. The van der Waals surface area contributed by atoms with Gasteiger partial charge < -0.3 is 63.1 Å². The van der Waals surface area contributed by atoms with Gasteiger partial charge in [0.15, 0.2) is 17.7 Å². The lowest BCUT2D eigenvalue weighted by atomic mass is 10.1. The number of benzene rings is 1. The SMILES string of the molecule is C[S+](CC[C@H](N)C(=O)O)C[C@H]1O[C@@H](n2cnc3c(N)ncnc32)[C@H](O)[C@@H]1O.N[C@@H](CCC(=O)O)C(=O)[O-].N[C@@H](Cc1ccccc1)C(=O)O. The van der Waals surface area contributed by atoms with Crippen molar-refractivity contribution < 1.29 is 54.6 Å². The second kappa shape index (κ2) is 19.5. The maximum absolute atomic E-state index is 10.8. The summed E-state index contributed by atoms with van der Waals surface area (Å²) in [5.41, 5.74) is 23.3. The molecule has 49 heavy (non-hydrogen) atoms. The van der Waals surface area contributed by atoms with E-state index >= 15 is 0 Å². The summed E-state index contributed by atoms with van der Waals surface area (Å²) >= 11 is 0. The van der Waals surface area contributed by atoms with E-state index in [0.717, 1.165) is 5.56 Å². The van der Waals surface area contributed by atoms with E-state index in [9.17, 15) is 34.5 Å². The highest BCUT2D eigenvalue weighted by atomic mass is 32.2. The first-order chi connectivity index (χ1) is 23.0. The Hall–Kier alpha value is -4.44. The fraction of sp³-hybridized carbons (Fsp3) is 0.483. The zero-order valence-electron chi connectivity index (χ0n) is 26.5. The highest BCUT2D eigenvalue weighted by Gasteiger charge is 2.46. The van der Waals surface area contributed by atoms with E-state index in [1.807, 2.05) is 36.6 Å². The van der Waals surface area contributed by atoms with Gasteiger partial charge in [-0.25, -0.2) is 15.0 Å². The molecule has 0 saturated carbocycles. The van der Waals surface area contributed by atoms with Crippen LogP contribution in [0.25, 0.3) is 11.2 Å². The Morgan fingerprint density at radius 1 is 0.939 bits per heavy atom. The van der Waals surface area contributed by atoms with Crippen LogP contribution >= 0.6 is 0 Å². The minimum atomic E-state index is -1.42. The number of rotatable bonds is 14. The molecule has 3 aromatic rings. The zero-order chi connectivity index (χ0) is 36.8. The number of ether oxygens (including phenoxy) is 1. The van der Waals surface area contributed by atoms with Gasteiger partial charge in [0.1, 0.15) is 53.7 Å². The van der Waals surface area contributed by atoms with Gasteiger partial charge in [0, 0.05) is 18.9 Å². The van der Waals surface area contributed by atoms with Gasteiger partial charge in [-0.3, -0.25) is 19.0 Å². The summed E-state index contributed by atoms with van der Waals surface area (Å²) in [5.74, 6) is -3.18. The minimum Gasteiger partial charge on any atom is -0.548 e. The first kappa shape index (κ1) is 40.7. The van der Waals surface area contributed by atoms with Crippen molar-refractivity contribution in [3.8, 4) is 0 Å². The quantitative estimate of drug-likeness (QED) is 0.0738. The van der Waals surface area contributed by atoms with E-state index in [4.69, 9.17) is 43.0 Å². The third kappa shape index (κ3) is 12.8. The number of aliphatic carboxylic acids is 4. The summed E-state index contributed by atoms with van der Waals surface area (Å²) < 4.78 is 7.41. The second-order valence-corrected chi connectivity index (χ2v) is 13.3. The topological polar surface area (TPSA) is 349 Å². The van der Waals surface area contributed by atoms with E-state index in [1.54, 1.807) is 0 Å². The lowest BCUT2D eigenvalue weighted by molar-refractivity contribution is -0.307.